The van der Waals surface area contributed by atoms with Gasteiger partial charge in [0.1, 0.15) is 5.75 Å². The fraction of sp³-hybridized carbons (Fsp3) is 0.455. The van der Waals surface area contributed by atoms with Crippen molar-refractivity contribution >= 4 is 15.5 Å². The topological polar surface area (TPSA) is 72.6 Å². The van der Waals surface area contributed by atoms with Gasteiger partial charge in [-0.1, -0.05) is 6.07 Å². The number of rotatable bonds is 2. The summed E-state index contributed by atoms with van der Waals surface area (Å²) in [6.07, 6.45) is 0. The second-order valence-electron chi connectivity index (χ2n) is 4.09. The zero-order chi connectivity index (χ0) is 12.6. The molecule has 6 heteroatoms. The van der Waals surface area contributed by atoms with E-state index in [0.717, 1.165) is 0 Å². The lowest BCUT2D eigenvalue weighted by molar-refractivity contribution is 0.411. The fourth-order valence-electron chi connectivity index (χ4n) is 2.13. The molecule has 2 rings (SSSR count). The Kier molecular flexibility index (Phi) is 3.01. The lowest BCUT2D eigenvalue weighted by Crippen LogP contribution is -2.46. The van der Waals surface area contributed by atoms with Crippen molar-refractivity contribution < 1.29 is 13.2 Å². The molecule has 1 heterocycles. The van der Waals surface area contributed by atoms with Crippen LogP contribution >= 0.6 is 0 Å². The third kappa shape index (κ3) is 1.87. The van der Waals surface area contributed by atoms with Gasteiger partial charge in [0.2, 0.25) is 0 Å². The summed E-state index contributed by atoms with van der Waals surface area (Å²) in [5.74, 6) is 0.618. The summed E-state index contributed by atoms with van der Waals surface area (Å²) in [6, 6.07) is 4.84. The molecule has 0 aliphatic carbocycles. The van der Waals surface area contributed by atoms with Gasteiger partial charge in [0.05, 0.1) is 29.5 Å². The van der Waals surface area contributed by atoms with Crippen LogP contribution < -0.4 is 15.4 Å². The average Bonchev–Trinajstić information content (AvgIpc) is 2.33. The van der Waals surface area contributed by atoms with Gasteiger partial charge in [0, 0.05) is 13.6 Å². The van der Waals surface area contributed by atoms with Crippen molar-refractivity contribution in [2.45, 2.75) is 10.9 Å². The van der Waals surface area contributed by atoms with E-state index in [9.17, 15) is 8.42 Å². The molecule has 0 saturated carbocycles. The molecule has 0 bridgehead atoms. The van der Waals surface area contributed by atoms with Crippen molar-refractivity contribution in [3.05, 3.63) is 18.2 Å². The van der Waals surface area contributed by atoms with Crippen LogP contribution in [0.5, 0.6) is 5.75 Å². The summed E-state index contributed by atoms with van der Waals surface area (Å²) in [4.78, 5) is 2.21. The standard InChI is InChI=1S/C11H16N2O3S/c1-13-8(6-12)7-17(14,15)10-5-3-4-9(16-2)11(10)13/h3-5,8H,6-7,12H2,1-2H3. The number of fused-ring (bicyclic) bond motifs is 1. The van der Waals surface area contributed by atoms with Crippen LogP contribution in [0.4, 0.5) is 5.69 Å². The highest BCUT2D eigenvalue weighted by atomic mass is 32.2. The molecule has 0 radical (unpaired) electrons. The van der Waals surface area contributed by atoms with Gasteiger partial charge in [-0.05, 0) is 12.1 Å². The third-order valence-electron chi connectivity index (χ3n) is 3.10. The van der Waals surface area contributed by atoms with Gasteiger partial charge in [-0.3, -0.25) is 0 Å². The van der Waals surface area contributed by atoms with Crippen molar-refractivity contribution in [2.75, 3.05) is 31.4 Å². The lowest BCUT2D eigenvalue weighted by atomic mass is 10.2. The molecule has 1 aliphatic heterocycles. The van der Waals surface area contributed by atoms with E-state index in [1.54, 1.807) is 18.2 Å². The summed E-state index contributed by atoms with van der Waals surface area (Å²) in [7, 11) is 0.100. The number of hydrogen-bond acceptors (Lipinski definition) is 5. The summed E-state index contributed by atoms with van der Waals surface area (Å²) in [5, 5.41) is 0. The number of ether oxygens (including phenoxy) is 1. The highest BCUT2D eigenvalue weighted by Crippen LogP contribution is 2.39. The molecule has 94 valence electrons. The van der Waals surface area contributed by atoms with Crippen LogP contribution in [0, 0.1) is 0 Å². The quantitative estimate of drug-likeness (QED) is 0.821. The molecule has 1 aromatic rings. The number of hydrogen-bond donors (Lipinski definition) is 1. The lowest BCUT2D eigenvalue weighted by Gasteiger charge is -2.35. The van der Waals surface area contributed by atoms with E-state index in [-0.39, 0.29) is 11.8 Å². The molecule has 0 fully saturated rings. The van der Waals surface area contributed by atoms with Crippen molar-refractivity contribution in [3.63, 3.8) is 0 Å². The molecule has 1 aromatic carbocycles. The molecule has 0 saturated heterocycles. The summed E-state index contributed by atoms with van der Waals surface area (Å²) >= 11 is 0. The second kappa shape index (κ2) is 4.19. The van der Waals surface area contributed by atoms with Gasteiger partial charge in [-0.25, -0.2) is 8.42 Å². The number of para-hydroxylation sites is 1. The van der Waals surface area contributed by atoms with Crippen LogP contribution in [0.1, 0.15) is 0 Å². The number of likely N-dealkylation sites (N-methyl/N-ethyl adjacent to an activating group) is 1. The van der Waals surface area contributed by atoms with E-state index >= 15 is 0 Å². The molecular weight excluding hydrogens is 240 g/mol. The van der Waals surface area contributed by atoms with Crippen LogP contribution in [0.25, 0.3) is 0 Å². The Morgan fingerprint density at radius 3 is 2.82 bits per heavy atom. The number of anilines is 1. The van der Waals surface area contributed by atoms with Gasteiger partial charge < -0.3 is 15.4 Å². The zero-order valence-corrected chi connectivity index (χ0v) is 10.7. The van der Waals surface area contributed by atoms with E-state index in [4.69, 9.17) is 10.5 Å². The SMILES string of the molecule is COc1cccc2c1N(C)C(CN)CS2(=O)=O. The smallest absolute Gasteiger partial charge is 0.182 e. The maximum Gasteiger partial charge on any atom is 0.182 e. The van der Waals surface area contributed by atoms with Gasteiger partial charge in [-0.2, -0.15) is 0 Å². The first-order valence-corrected chi connectivity index (χ1v) is 6.99. The summed E-state index contributed by atoms with van der Waals surface area (Å²) in [6.45, 7) is 0.299. The summed E-state index contributed by atoms with van der Waals surface area (Å²) in [5.41, 5.74) is 6.22. The molecule has 0 aromatic heterocycles. The van der Waals surface area contributed by atoms with Gasteiger partial charge in [0.25, 0.3) is 0 Å². The van der Waals surface area contributed by atoms with Crippen molar-refractivity contribution in [1.82, 2.24) is 0 Å². The molecular formula is C11H16N2O3S. The van der Waals surface area contributed by atoms with E-state index in [0.29, 0.717) is 22.9 Å². The Morgan fingerprint density at radius 2 is 2.24 bits per heavy atom. The first-order chi connectivity index (χ1) is 8.01. The van der Waals surface area contributed by atoms with Crippen LogP contribution in [0.15, 0.2) is 23.1 Å². The van der Waals surface area contributed by atoms with E-state index < -0.39 is 9.84 Å². The van der Waals surface area contributed by atoms with Crippen LogP contribution in [-0.4, -0.2) is 40.9 Å². The monoisotopic (exact) mass is 256 g/mol. The van der Waals surface area contributed by atoms with Crippen molar-refractivity contribution in [3.8, 4) is 5.75 Å². The highest BCUT2D eigenvalue weighted by Gasteiger charge is 2.35. The van der Waals surface area contributed by atoms with E-state index in [1.807, 2.05) is 11.9 Å². The predicted octanol–water partition coefficient (Wildman–Crippen LogP) is 0.246. The average molecular weight is 256 g/mol. The van der Waals surface area contributed by atoms with E-state index in [1.165, 1.54) is 7.11 Å². The van der Waals surface area contributed by atoms with Gasteiger partial charge in [0.15, 0.2) is 9.84 Å². The van der Waals surface area contributed by atoms with E-state index in [2.05, 4.69) is 0 Å². The third-order valence-corrected chi connectivity index (χ3v) is 4.92. The largest absolute Gasteiger partial charge is 0.495 e. The summed E-state index contributed by atoms with van der Waals surface area (Å²) < 4.78 is 29.5. The Bertz CT molecular complexity index is 528. The number of benzene rings is 1. The Labute approximate surface area is 101 Å². The first-order valence-electron chi connectivity index (χ1n) is 5.34. The first kappa shape index (κ1) is 12.2. The minimum absolute atomic E-state index is 0.0557. The number of sulfone groups is 1. The fourth-order valence-corrected chi connectivity index (χ4v) is 4.00. The Morgan fingerprint density at radius 1 is 1.53 bits per heavy atom. The molecule has 0 amide bonds. The van der Waals surface area contributed by atoms with Gasteiger partial charge >= 0.3 is 0 Å². The van der Waals surface area contributed by atoms with Gasteiger partial charge in [-0.15, -0.1) is 0 Å². The molecule has 1 aliphatic rings. The molecule has 0 spiro atoms. The van der Waals surface area contributed by atoms with Crippen LogP contribution in [-0.2, 0) is 9.84 Å². The molecule has 1 atom stereocenters. The predicted molar refractivity (Wildman–Crippen MR) is 66.3 cm³/mol. The minimum Gasteiger partial charge on any atom is -0.495 e. The van der Waals surface area contributed by atoms with Crippen molar-refractivity contribution in [2.24, 2.45) is 5.73 Å². The Hall–Kier alpha value is -1.27. The highest BCUT2D eigenvalue weighted by molar-refractivity contribution is 7.91. The number of nitrogens with zero attached hydrogens (tertiary/aromatic N) is 1. The van der Waals surface area contributed by atoms with Crippen molar-refractivity contribution in [1.29, 1.82) is 0 Å². The molecule has 1 unspecified atom stereocenters. The maximum atomic E-state index is 12.1. The molecule has 2 N–H and O–H groups in total. The zero-order valence-electron chi connectivity index (χ0n) is 9.88. The molecule has 5 nitrogen and oxygen atoms in total. The number of nitrogens with two attached hydrogens (primary N) is 1. The molecule has 17 heavy (non-hydrogen) atoms. The maximum absolute atomic E-state index is 12.1. The Balaban J connectivity index is 2.68. The van der Waals surface area contributed by atoms with Crippen LogP contribution in [0.2, 0.25) is 0 Å². The normalized spacial score (nSPS) is 22.1. The second-order valence-corrected chi connectivity index (χ2v) is 6.09. The minimum atomic E-state index is -3.27. The van der Waals surface area contributed by atoms with Crippen LogP contribution in [0.3, 0.4) is 0 Å². The number of methoxy groups -OCH3 is 1.